The number of piperidine rings is 1. The first kappa shape index (κ1) is 18.6. The Bertz CT molecular complexity index is 1050. The number of H-pyrrole nitrogens is 1. The van der Waals surface area contributed by atoms with E-state index in [9.17, 15) is 4.79 Å². The Balaban J connectivity index is 1.89. The third-order valence-electron chi connectivity index (χ3n) is 5.99. The number of anilines is 2. The van der Waals surface area contributed by atoms with Crippen molar-refractivity contribution in [1.82, 2.24) is 24.5 Å². The monoisotopic (exact) mass is 383 g/mol. The highest BCUT2D eigenvalue weighted by Gasteiger charge is 2.23. The van der Waals surface area contributed by atoms with E-state index in [0.717, 1.165) is 30.2 Å². The van der Waals surface area contributed by atoms with Gasteiger partial charge in [0.25, 0.3) is 5.56 Å². The quantitative estimate of drug-likeness (QED) is 0.722. The van der Waals surface area contributed by atoms with Crippen molar-refractivity contribution in [3.8, 4) is 11.3 Å². The van der Waals surface area contributed by atoms with E-state index in [2.05, 4.69) is 41.9 Å². The van der Waals surface area contributed by atoms with Crippen molar-refractivity contribution in [3.05, 3.63) is 22.6 Å². The van der Waals surface area contributed by atoms with Crippen molar-refractivity contribution >= 4 is 22.5 Å². The van der Waals surface area contributed by atoms with Crippen LogP contribution in [0.25, 0.3) is 22.2 Å². The number of pyridine rings is 1. The summed E-state index contributed by atoms with van der Waals surface area (Å²) in [5.41, 5.74) is 8.24. The highest BCUT2D eigenvalue weighted by Crippen LogP contribution is 2.31. The van der Waals surface area contributed by atoms with E-state index in [-0.39, 0.29) is 17.4 Å². The third kappa shape index (κ3) is 2.96. The molecule has 1 atom stereocenters. The minimum absolute atomic E-state index is 0.0372. The van der Waals surface area contributed by atoms with E-state index < -0.39 is 0 Å². The van der Waals surface area contributed by atoms with E-state index in [0.29, 0.717) is 16.8 Å². The van der Waals surface area contributed by atoms with Crippen LogP contribution in [0.4, 0.5) is 11.6 Å². The fraction of sp³-hybridized carbons (Fsp3) is 0.550. The van der Waals surface area contributed by atoms with Gasteiger partial charge in [-0.1, -0.05) is 13.8 Å². The van der Waals surface area contributed by atoms with Gasteiger partial charge in [0.15, 0.2) is 5.82 Å². The number of aromatic amines is 1. The Hall–Kier alpha value is -2.77. The number of hydrogen-bond acceptors (Lipinski definition) is 5. The molecule has 1 unspecified atom stereocenters. The summed E-state index contributed by atoms with van der Waals surface area (Å²) in [6, 6.07) is 2.14. The number of hydrogen-bond donors (Lipinski definition) is 2. The normalized spacial score (nSPS) is 16.2. The molecule has 3 aromatic heterocycles. The van der Waals surface area contributed by atoms with Gasteiger partial charge in [0.05, 0.1) is 11.2 Å². The average Bonchev–Trinajstić information content (AvgIpc) is 3.26. The number of rotatable bonds is 4. The highest BCUT2D eigenvalue weighted by atomic mass is 16.1. The molecule has 0 saturated carbocycles. The first-order valence-electron chi connectivity index (χ1n) is 10.1. The van der Waals surface area contributed by atoms with Gasteiger partial charge in [-0.25, -0.2) is 0 Å². The van der Waals surface area contributed by atoms with Crippen LogP contribution in [-0.4, -0.2) is 37.6 Å². The molecule has 8 heteroatoms. The number of nitrogens with two attached hydrogens (primary N) is 1. The van der Waals surface area contributed by atoms with E-state index in [1.165, 1.54) is 19.3 Å². The van der Waals surface area contributed by atoms with Crippen LogP contribution in [0.2, 0.25) is 0 Å². The van der Waals surface area contributed by atoms with Crippen molar-refractivity contribution in [2.75, 3.05) is 23.7 Å². The summed E-state index contributed by atoms with van der Waals surface area (Å²) < 4.78 is 3.69. The molecule has 1 aliphatic rings. The number of aromatic nitrogens is 5. The van der Waals surface area contributed by atoms with Crippen molar-refractivity contribution < 1.29 is 0 Å². The first-order chi connectivity index (χ1) is 13.4. The van der Waals surface area contributed by atoms with E-state index in [1.807, 2.05) is 17.9 Å². The van der Waals surface area contributed by atoms with Crippen LogP contribution in [0.3, 0.4) is 0 Å². The number of nitrogens with zero attached hydrogens (tertiary/aromatic N) is 5. The molecule has 8 nitrogen and oxygen atoms in total. The fourth-order valence-electron chi connectivity index (χ4n) is 3.98. The standard InChI is InChI=1S/C20H29N7O/c1-12(2)13(3)27-11-14(18-17(20(27)28)19(21)23-22-18)15-10-16(25(4)24-15)26-8-6-5-7-9-26/h10-13H,5-9H2,1-4H3,(H3,21,22,23). The molecule has 0 aromatic carbocycles. The molecule has 0 amide bonds. The zero-order valence-electron chi connectivity index (χ0n) is 17.1. The summed E-state index contributed by atoms with van der Waals surface area (Å²) >= 11 is 0. The Labute approximate surface area is 164 Å². The van der Waals surface area contributed by atoms with Crippen molar-refractivity contribution in [2.45, 2.75) is 46.1 Å². The molecular formula is C20H29N7O. The first-order valence-corrected chi connectivity index (χ1v) is 10.1. The lowest BCUT2D eigenvalue weighted by molar-refractivity contribution is 0.400. The summed E-state index contributed by atoms with van der Waals surface area (Å²) in [5.74, 6) is 1.65. The molecule has 1 fully saturated rings. The molecule has 3 N–H and O–H groups in total. The molecule has 4 rings (SSSR count). The Kier molecular flexibility index (Phi) is 4.64. The number of aryl methyl sites for hydroxylation is 1. The van der Waals surface area contributed by atoms with E-state index >= 15 is 0 Å². The minimum atomic E-state index is -0.113. The Morgan fingerprint density at radius 2 is 1.89 bits per heavy atom. The highest BCUT2D eigenvalue weighted by molar-refractivity contribution is 5.97. The zero-order valence-corrected chi connectivity index (χ0v) is 17.1. The molecule has 0 bridgehead atoms. The summed E-state index contributed by atoms with van der Waals surface area (Å²) in [6.07, 6.45) is 5.60. The smallest absolute Gasteiger partial charge is 0.264 e. The van der Waals surface area contributed by atoms with Crippen molar-refractivity contribution in [2.24, 2.45) is 13.0 Å². The van der Waals surface area contributed by atoms with Gasteiger partial charge in [-0.05, 0) is 32.1 Å². The number of fused-ring (bicyclic) bond motifs is 1. The minimum Gasteiger partial charge on any atom is -0.382 e. The summed E-state index contributed by atoms with van der Waals surface area (Å²) in [4.78, 5) is 15.4. The summed E-state index contributed by atoms with van der Waals surface area (Å²) in [5, 5.41) is 12.3. The molecule has 1 saturated heterocycles. The van der Waals surface area contributed by atoms with Crippen LogP contribution in [0.1, 0.15) is 46.1 Å². The van der Waals surface area contributed by atoms with Gasteiger partial charge in [-0.2, -0.15) is 10.2 Å². The fourth-order valence-corrected chi connectivity index (χ4v) is 3.98. The van der Waals surface area contributed by atoms with Gasteiger partial charge in [0.2, 0.25) is 0 Å². The van der Waals surface area contributed by atoms with Crippen LogP contribution in [0.5, 0.6) is 0 Å². The predicted octanol–water partition coefficient (Wildman–Crippen LogP) is 2.91. The van der Waals surface area contributed by atoms with Gasteiger partial charge in [0, 0.05) is 44.0 Å². The lowest BCUT2D eigenvalue weighted by atomic mass is 10.0. The maximum atomic E-state index is 13.0. The van der Waals surface area contributed by atoms with Gasteiger partial charge in [-0.15, -0.1) is 0 Å². The molecule has 4 heterocycles. The number of nitrogens with one attached hydrogen (secondary N) is 1. The second-order valence-corrected chi connectivity index (χ2v) is 8.16. The lowest BCUT2D eigenvalue weighted by Crippen LogP contribution is -2.30. The topological polar surface area (TPSA) is 97.8 Å². The predicted molar refractivity (Wildman–Crippen MR) is 113 cm³/mol. The second-order valence-electron chi connectivity index (χ2n) is 8.16. The second kappa shape index (κ2) is 7.00. The molecule has 28 heavy (non-hydrogen) atoms. The SMILES string of the molecule is CC(C)C(C)n1cc(-c2cc(N3CCCCC3)n(C)n2)c2[nH]nc(N)c2c1=O. The van der Waals surface area contributed by atoms with E-state index in [1.54, 1.807) is 4.57 Å². The largest absolute Gasteiger partial charge is 0.382 e. The van der Waals surface area contributed by atoms with Crippen LogP contribution >= 0.6 is 0 Å². The molecule has 1 aliphatic heterocycles. The van der Waals surface area contributed by atoms with Gasteiger partial charge < -0.3 is 15.2 Å². The average molecular weight is 384 g/mol. The van der Waals surface area contributed by atoms with Crippen molar-refractivity contribution in [3.63, 3.8) is 0 Å². The maximum absolute atomic E-state index is 13.0. The maximum Gasteiger partial charge on any atom is 0.264 e. The molecular weight excluding hydrogens is 354 g/mol. The van der Waals surface area contributed by atoms with Crippen LogP contribution in [-0.2, 0) is 7.05 Å². The van der Waals surface area contributed by atoms with Gasteiger partial charge >= 0.3 is 0 Å². The lowest BCUT2D eigenvalue weighted by Gasteiger charge is -2.28. The Morgan fingerprint density at radius 1 is 1.18 bits per heavy atom. The van der Waals surface area contributed by atoms with Crippen LogP contribution in [0.15, 0.2) is 17.1 Å². The number of nitrogen functional groups attached to an aromatic ring is 1. The van der Waals surface area contributed by atoms with Gasteiger partial charge in [-0.3, -0.25) is 14.6 Å². The third-order valence-corrected chi connectivity index (χ3v) is 5.99. The molecule has 0 spiro atoms. The van der Waals surface area contributed by atoms with Gasteiger partial charge in [0.1, 0.15) is 11.2 Å². The molecule has 150 valence electrons. The Morgan fingerprint density at radius 3 is 2.57 bits per heavy atom. The molecule has 3 aromatic rings. The summed E-state index contributed by atoms with van der Waals surface area (Å²) in [7, 11) is 1.97. The molecule has 0 aliphatic carbocycles. The summed E-state index contributed by atoms with van der Waals surface area (Å²) in [6.45, 7) is 8.37. The van der Waals surface area contributed by atoms with Crippen LogP contribution < -0.4 is 16.2 Å². The zero-order chi connectivity index (χ0) is 20.0. The van der Waals surface area contributed by atoms with Crippen molar-refractivity contribution in [1.29, 1.82) is 0 Å². The van der Waals surface area contributed by atoms with E-state index in [4.69, 9.17) is 10.8 Å². The van der Waals surface area contributed by atoms with Crippen LogP contribution in [0, 0.1) is 5.92 Å². The molecule has 0 radical (unpaired) electrons.